The van der Waals surface area contributed by atoms with Gasteiger partial charge in [-0.3, -0.25) is 5.41 Å². The number of fused-ring (bicyclic) bond motifs is 1. The largest absolute Gasteiger partial charge is 0.325 e. The van der Waals surface area contributed by atoms with Crippen molar-refractivity contribution < 1.29 is 4.55 Å². The van der Waals surface area contributed by atoms with Gasteiger partial charge in [0.15, 0.2) is 4.80 Å². The molecule has 0 unspecified atom stereocenters. The Morgan fingerprint density at radius 1 is 1.57 bits per heavy atom. The number of aryl methyl sites for hydroxylation is 1. The topological polar surface area (TPSA) is 49.0 Å². The van der Waals surface area contributed by atoms with Gasteiger partial charge in [-0.1, -0.05) is 11.3 Å². The fourth-order valence-electron chi connectivity index (χ4n) is 1.44. The summed E-state index contributed by atoms with van der Waals surface area (Å²) >= 11 is 2.18. The summed E-state index contributed by atoms with van der Waals surface area (Å²) in [6, 6.07) is 5.73. The lowest BCUT2D eigenvalue weighted by atomic mass is 10.3. The number of nitrogens with zero attached hydrogens (tertiary/aromatic N) is 1. The highest BCUT2D eigenvalue weighted by molar-refractivity contribution is 7.93. The molecule has 1 aromatic carbocycles. The SMILES string of the molecule is CCn1c(=N)sc2cc(SO)ccc21. The molecule has 1 heterocycles. The molecule has 0 spiro atoms. The van der Waals surface area contributed by atoms with Crippen molar-refractivity contribution in [3.05, 3.63) is 23.0 Å². The monoisotopic (exact) mass is 226 g/mol. The highest BCUT2D eigenvalue weighted by atomic mass is 32.2. The maximum absolute atomic E-state index is 8.90. The zero-order chi connectivity index (χ0) is 10.1. The van der Waals surface area contributed by atoms with Gasteiger partial charge in [0.1, 0.15) is 0 Å². The molecule has 2 N–H and O–H groups in total. The van der Waals surface area contributed by atoms with Gasteiger partial charge in [-0.05, 0) is 25.1 Å². The second kappa shape index (κ2) is 3.76. The molecule has 1 aromatic heterocycles. The quantitative estimate of drug-likeness (QED) is 0.774. The Morgan fingerprint density at radius 2 is 2.36 bits per heavy atom. The molecular weight excluding hydrogens is 216 g/mol. The van der Waals surface area contributed by atoms with Crippen molar-refractivity contribution in [3.8, 4) is 0 Å². The Bertz CT molecular complexity index is 515. The van der Waals surface area contributed by atoms with Gasteiger partial charge < -0.3 is 9.12 Å². The molecule has 0 fully saturated rings. The van der Waals surface area contributed by atoms with E-state index in [0.29, 0.717) is 4.80 Å². The molecule has 3 nitrogen and oxygen atoms in total. The van der Waals surface area contributed by atoms with Crippen LogP contribution in [0.25, 0.3) is 10.2 Å². The molecule has 0 aliphatic rings. The maximum Gasteiger partial charge on any atom is 0.182 e. The minimum atomic E-state index is 0.558. The Morgan fingerprint density at radius 3 is 3.00 bits per heavy atom. The normalized spacial score (nSPS) is 11.0. The Hall–Kier alpha value is -0.780. The minimum absolute atomic E-state index is 0.558. The second-order valence-corrected chi connectivity index (χ2v) is 4.56. The molecule has 0 bridgehead atoms. The third-order valence-corrected chi connectivity index (χ3v) is 3.52. The molecule has 0 aliphatic heterocycles. The van der Waals surface area contributed by atoms with E-state index in [1.807, 2.05) is 29.7 Å². The third-order valence-electron chi connectivity index (χ3n) is 2.10. The molecule has 0 radical (unpaired) electrons. The molecule has 2 aromatic rings. The van der Waals surface area contributed by atoms with Crippen LogP contribution in [0.5, 0.6) is 0 Å². The molecule has 0 aliphatic carbocycles. The average Bonchev–Trinajstić information content (AvgIpc) is 2.51. The number of nitrogens with one attached hydrogen (secondary N) is 1. The van der Waals surface area contributed by atoms with Crippen molar-refractivity contribution in [2.75, 3.05) is 0 Å². The van der Waals surface area contributed by atoms with E-state index in [0.717, 1.165) is 33.7 Å². The first kappa shape index (κ1) is 9.76. The predicted molar refractivity (Wildman–Crippen MR) is 59.8 cm³/mol. The van der Waals surface area contributed by atoms with E-state index in [1.54, 1.807) is 0 Å². The lowest BCUT2D eigenvalue weighted by Crippen LogP contribution is -2.10. The molecule has 0 saturated heterocycles. The molecule has 0 atom stereocenters. The summed E-state index contributed by atoms with van der Waals surface area (Å²) in [6.45, 7) is 2.84. The van der Waals surface area contributed by atoms with Crippen LogP contribution < -0.4 is 4.80 Å². The van der Waals surface area contributed by atoms with E-state index in [9.17, 15) is 0 Å². The molecular formula is C9H10N2OS2. The predicted octanol–water partition coefficient (Wildman–Crippen LogP) is 2.77. The molecule has 0 saturated carbocycles. The second-order valence-electron chi connectivity index (χ2n) is 2.87. The van der Waals surface area contributed by atoms with Crippen LogP contribution in [0, 0.1) is 5.41 Å². The third kappa shape index (κ3) is 1.47. The molecule has 2 rings (SSSR count). The number of aromatic nitrogens is 1. The van der Waals surface area contributed by atoms with Gasteiger partial charge in [0.2, 0.25) is 0 Å². The maximum atomic E-state index is 8.90. The van der Waals surface area contributed by atoms with E-state index >= 15 is 0 Å². The molecule has 74 valence electrons. The average molecular weight is 226 g/mol. The summed E-state index contributed by atoms with van der Waals surface area (Å²) in [5, 5.41) is 7.74. The zero-order valence-corrected chi connectivity index (χ0v) is 9.28. The summed E-state index contributed by atoms with van der Waals surface area (Å²) < 4.78 is 11.9. The fraction of sp³-hybridized carbons (Fsp3) is 0.222. The lowest BCUT2D eigenvalue weighted by molar-refractivity contribution is 0.664. The van der Waals surface area contributed by atoms with Crippen molar-refractivity contribution in [1.29, 1.82) is 5.41 Å². The fourth-order valence-corrected chi connectivity index (χ4v) is 2.83. The van der Waals surface area contributed by atoms with E-state index in [2.05, 4.69) is 0 Å². The van der Waals surface area contributed by atoms with Crippen LogP contribution >= 0.6 is 23.4 Å². The molecule has 5 heteroatoms. The summed E-state index contributed by atoms with van der Waals surface area (Å²) in [5.74, 6) is 0. The first-order chi connectivity index (χ1) is 6.76. The van der Waals surface area contributed by atoms with Crippen LogP contribution in [-0.2, 0) is 6.54 Å². The van der Waals surface area contributed by atoms with Gasteiger partial charge in [0, 0.05) is 23.5 Å². The highest BCUT2D eigenvalue weighted by Crippen LogP contribution is 2.23. The van der Waals surface area contributed by atoms with Crippen LogP contribution in [0.1, 0.15) is 6.92 Å². The Labute approximate surface area is 89.7 Å². The number of rotatable bonds is 2. The summed E-state index contributed by atoms with van der Waals surface area (Å²) in [5.41, 5.74) is 1.07. The standard InChI is InChI=1S/C9H10N2OS2/c1-2-11-7-4-3-6(14-12)5-8(7)13-9(11)10/h3-5,10,12H,2H2,1H3. The van der Waals surface area contributed by atoms with Gasteiger partial charge in [0.05, 0.1) is 10.2 Å². The number of hydrogen-bond acceptors (Lipinski definition) is 4. The van der Waals surface area contributed by atoms with E-state index in [4.69, 9.17) is 9.96 Å². The van der Waals surface area contributed by atoms with E-state index in [1.165, 1.54) is 11.3 Å². The van der Waals surface area contributed by atoms with Crippen molar-refractivity contribution in [3.63, 3.8) is 0 Å². The Kier molecular flexibility index (Phi) is 2.62. The minimum Gasteiger partial charge on any atom is -0.325 e. The van der Waals surface area contributed by atoms with Crippen molar-refractivity contribution in [1.82, 2.24) is 4.57 Å². The Balaban J connectivity index is 2.74. The lowest BCUT2D eigenvalue weighted by Gasteiger charge is -1.99. The van der Waals surface area contributed by atoms with Crippen LogP contribution in [0.15, 0.2) is 23.1 Å². The van der Waals surface area contributed by atoms with Gasteiger partial charge >= 0.3 is 0 Å². The van der Waals surface area contributed by atoms with Crippen molar-refractivity contribution >= 4 is 33.6 Å². The van der Waals surface area contributed by atoms with E-state index < -0.39 is 0 Å². The summed E-state index contributed by atoms with van der Waals surface area (Å²) in [7, 11) is 0. The number of benzene rings is 1. The van der Waals surface area contributed by atoms with Crippen molar-refractivity contribution in [2.45, 2.75) is 18.4 Å². The smallest absolute Gasteiger partial charge is 0.182 e. The highest BCUT2D eigenvalue weighted by Gasteiger charge is 2.04. The van der Waals surface area contributed by atoms with Gasteiger partial charge in [-0.2, -0.15) is 0 Å². The first-order valence-electron chi connectivity index (χ1n) is 4.25. The number of thiazole rings is 1. The van der Waals surface area contributed by atoms with Crippen LogP contribution in [0.2, 0.25) is 0 Å². The van der Waals surface area contributed by atoms with Crippen LogP contribution in [0.4, 0.5) is 0 Å². The molecule has 14 heavy (non-hydrogen) atoms. The van der Waals surface area contributed by atoms with Crippen LogP contribution in [-0.4, -0.2) is 9.12 Å². The van der Waals surface area contributed by atoms with Gasteiger partial charge in [-0.25, -0.2) is 0 Å². The summed E-state index contributed by atoms with van der Waals surface area (Å²) in [4.78, 5) is 1.38. The first-order valence-corrected chi connectivity index (χ1v) is 5.84. The zero-order valence-electron chi connectivity index (χ0n) is 7.65. The number of hydrogen-bond donors (Lipinski definition) is 2. The van der Waals surface area contributed by atoms with E-state index in [-0.39, 0.29) is 0 Å². The van der Waals surface area contributed by atoms with Gasteiger partial charge in [0.25, 0.3) is 0 Å². The van der Waals surface area contributed by atoms with Crippen molar-refractivity contribution in [2.24, 2.45) is 0 Å². The van der Waals surface area contributed by atoms with Crippen LogP contribution in [0.3, 0.4) is 0 Å². The molecule has 0 amide bonds. The van der Waals surface area contributed by atoms with Gasteiger partial charge in [-0.15, -0.1) is 0 Å². The summed E-state index contributed by atoms with van der Waals surface area (Å²) in [6.07, 6.45) is 0.